The molecule has 1 saturated heterocycles. The van der Waals surface area contributed by atoms with Gasteiger partial charge in [-0.25, -0.2) is 14.3 Å². The molecule has 1 aliphatic rings. The van der Waals surface area contributed by atoms with Gasteiger partial charge in [0, 0.05) is 30.5 Å². The monoisotopic (exact) mass is 594 g/mol. The molecule has 3 rings (SSSR count). The second-order valence-electron chi connectivity index (χ2n) is 8.78. The Morgan fingerprint density at radius 2 is 1.68 bits per heavy atom. The topological polar surface area (TPSA) is 130 Å². The van der Waals surface area contributed by atoms with Gasteiger partial charge in [0.2, 0.25) is 0 Å². The number of aliphatic carboxylic acids is 1. The molecule has 2 aromatic rings. The first kappa shape index (κ1) is 30.8. The normalized spacial score (nSPS) is 15.0. The van der Waals surface area contributed by atoms with Gasteiger partial charge in [0.05, 0.1) is 4.90 Å². The molecule has 37 heavy (non-hydrogen) atoms. The van der Waals surface area contributed by atoms with Crippen molar-refractivity contribution in [2.45, 2.75) is 61.6 Å². The summed E-state index contributed by atoms with van der Waals surface area (Å²) in [7, 11) is -4.10. The number of piperidine rings is 1. The van der Waals surface area contributed by atoms with Crippen LogP contribution in [0.5, 0.6) is 5.75 Å². The fourth-order valence-corrected chi connectivity index (χ4v) is 6.34. The van der Waals surface area contributed by atoms with E-state index in [0.717, 1.165) is 35.7 Å². The van der Waals surface area contributed by atoms with Crippen LogP contribution in [0.25, 0.3) is 0 Å². The van der Waals surface area contributed by atoms with Crippen LogP contribution < -0.4 is 10.6 Å². The number of benzene rings is 2. The van der Waals surface area contributed by atoms with Gasteiger partial charge in [-0.05, 0) is 61.2 Å². The van der Waals surface area contributed by atoms with Gasteiger partial charge in [-0.3, -0.25) is 9.69 Å². The van der Waals surface area contributed by atoms with E-state index in [0.29, 0.717) is 25.4 Å². The first-order chi connectivity index (χ1) is 17.8. The lowest BCUT2D eigenvalue weighted by molar-refractivity contribution is -0.141. The third-order valence-corrected chi connectivity index (χ3v) is 9.40. The Morgan fingerprint density at radius 3 is 2.24 bits per heavy atom. The molecule has 1 fully saturated rings. The maximum atomic E-state index is 13.5. The third kappa shape index (κ3) is 8.28. The van der Waals surface area contributed by atoms with Gasteiger partial charge < -0.3 is 15.1 Å². The Bertz CT molecular complexity index is 1150. The van der Waals surface area contributed by atoms with E-state index in [1.54, 1.807) is 12.1 Å². The summed E-state index contributed by atoms with van der Waals surface area (Å²) < 4.78 is 31.7. The number of nitrogens with zero attached hydrogens (tertiary/aromatic N) is 1. The zero-order valence-corrected chi connectivity index (χ0v) is 23.4. The number of carboxylic acids is 1. The number of hydrogen-bond acceptors (Lipinski definition) is 7. The van der Waals surface area contributed by atoms with Crippen LogP contribution in [0.2, 0.25) is 0 Å². The van der Waals surface area contributed by atoms with Gasteiger partial charge in [0.15, 0.2) is 14.6 Å². The summed E-state index contributed by atoms with van der Waals surface area (Å²) in [5, 5.41) is 16.5. The molecule has 2 aromatic carbocycles. The lowest BCUT2D eigenvalue weighted by atomic mass is 9.95. The molecular formula is C27H35BrN2O6S. The molecule has 1 heterocycles. The van der Waals surface area contributed by atoms with Crippen LogP contribution in [0.1, 0.15) is 51.0 Å². The van der Waals surface area contributed by atoms with E-state index in [4.69, 9.17) is 9.94 Å². The number of carbonyl (C=O) groups is 1. The molecule has 4 N–H and O–H groups in total. The molecule has 0 bridgehead atoms. The van der Waals surface area contributed by atoms with E-state index >= 15 is 0 Å². The molecule has 0 atom stereocenters. The number of likely N-dealkylation sites (tertiary alicyclic amines) is 1. The Balaban J connectivity index is 0.00000235. The van der Waals surface area contributed by atoms with E-state index < -0.39 is 20.6 Å². The minimum Gasteiger partial charge on any atom is -0.481 e. The van der Waals surface area contributed by atoms with E-state index in [-0.39, 0.29) is 24.3 Å². The number of hydrogen-bond donors (Lipinski definition) is 3. The van der Waals surface area contributed by atoms with Crippen LogP contribution in [-0.4, -0.2) is 54.0 Å². The summed E-state index contributed by atoms with van der Waals surface area (Å²) in [4.78, 5) is 14.4. The van der Waals surface area contributed by atoms with Crippen molar-refractivity contribution in [3.8, 4) is 17.6 Å². The fraction of sp³-hybridized carbons (Fsp3) is 0.444. The van der Waals surface area contributed by atoms with Crippen molar-refractivity contribution in [2.75, 3.05) is 19.7 Å². The van der Waals surface area contributed by atoms with Gasteiger partial charge in [-0.1, -0.05) is 59.7 Å². The predicted octanol–water partition coefficient (Wildman–Crippen LogP) is 4.64. The minimum atomic E-state index is -4.10. The Labute approximate surface area is 227 Å². The van der Waals surface area contributed by atoms with E-state index in [1.165, 1.54) is 12.1 Å². The quantitative estimate of drug-likeness (QED) is 0.206. The van der Waals surface area contributed by atoms with Crippen molar-refractivity contribution >= 4 is 31.7 Å². The zero-order chi connectivity index (χ0) is 27.3. The zero-order valence-electron chi connectivity index (χ0n) is 21.0. The van der Waals surface area contributed by atoms with E-state index in [2.05, 4.69) is 45.5 Å². The van der Waals surface area contributed by atoms with Crippen LogP contribution in [0.15, 0.2) is 57.9 Å². The Morgan fingerprint density at radius 1 is 1.05 bits per heavy atom. The highest BCUT2D eigenvalue weighted by atomic mass is 79.9. The van der Waals surface area contributed by atoms with Gasteiger partial charge >= 0.3 is 5.97 Å². The van der Waals surface area contributed by atoms with Crippen molar-refractivity contribution in [2.24, 2.45) is 5.90 Å². The second kappa shape index (κ2) is 15.1. The molecule has 0 spiro atoms. The van der Waals surface area contributed by atoms with Crippen molar-refractivity contribution in [3.63, 3.8) is 0 Å². The van der Waals surface area contributed by atoms with Crippen LogP contribution in [-0.2, 0) is 21.2 Å². The summed E-state index contributed by atoms with van der Waals surface area (Å²) in [5.41, 5.74) is 1.10. The molecule has 0 aromatic heterocycles. The Hall–Kier alpha value is -2.42. The fourth-order valence-electron chi connectivity index (χ4n) is 4.18. The molecule has 0 aliphatic carbocycles. The number of ether oxygens (including phenoxy) is 1. The Kier molecular flexibility index (Phi) is 12.6. The molecule has 202 valence electrons. The predicted molar refractivity (Wildman–Crippen MR) is 146 cm³/mol. The van der Waals surface area contributed by atoms with Crippen LogP contribution >= 0.6 is 15.9 Å². The highest BCUT2D eigenvalue weighted by molar-refractivity contribution is 9.10. The average molecular weight is 596 g/mol. The SMILES string of the molecule is CCCCCC#CCOc1ccc(S(=O)(=O)C2(C(=O)O)CCN(Cc3ccc(Br)cc3)CC2)cc1.NO. The third-order valence-electron chi connectivity index (χ3n) is 6.36. The van der Waals surface area contributed by atoms with Crippen LogP contribution in [0.4, 0.5) is 0 Å². The molecule has 1 aliphatic heterocycles. The molecule has 0 amide bonds. The lowest BCUT2D eigenvalue weighted by Crippen LogP contribution is -2.54. The molecular weight excluding hydrogens is 560 g/mol. The van der Waals surface area contributed by atoms with E-state index in [9.17, 15) is 18.3 Å². The summed E-state index contributed by atoms with van der Waals surface area (Å²) in [6.07, 6.45) is 4.29. The van der Waals surface area contributed by atoms with Crippen LogP contribution in [0, 0.1) is 11.8 Å². The van der Waals surface area contributed by atoms with Gasteiger partial charge in [0.25, 0.3) is 0 Å². The number of nitrogens with two attached hydrogens (primary N) is 1. The maximum Gasteiger partial charge on any atom is 0.325 e. The number of sulfone groups is 1. The first-order valence-electron chi connectivity index (χ1n) is 12.2. The van der Waals surface area contributed by atoms with Crippen molar-refractivity contribution < 1.29 is 28.3 Å². The standard InChI is InChI=1S/C27H32BrNO5S.H3NO/c1-2-3-4-5-6-7-20-34-24-12-14-25(15-13-24)35(32,33)27(26(30)31)16-18-29(19-17-27)21-22-8-10-23(28)11-9-22;1-2/h8-15H,2-5,16-21H2,1H3,(H,30,31);2H,1H2. The summed E-state index contributed by atoms with van der Waals surface area (Å²) >= 11 is 3.42. The maximum absolute atomic E-state index is 13.5. The van der Waals surface area contributed by atoms with Crippen molar-refractivity contribution in [1.29, 1.82) is 0 Å². The molecule has 0 unspecified atom stereocenters. The number of carboxylic acid groups (broad SMARTS) is 1. The summed E-state index contributed by atoms with van der Waals surface area (Å²) in [6.45, 7) is 3.80. The average Bonchev–Trinajstić information content (AvgIpc) is 2.91. The minimum absolute atomic E-state index is 0.000686. The highest BCUT2D eigenvalue weighted by Crippen LogP contribution is 2.37. The summed E-state index contributed by atoms with van der Waals surface area (Å²) in [6, 6.07) is 13.9. The summed E-state index contributed by atoms with van der Waals surface area (Å²) in [5.74, 6) is 8.73. The first-order valence-corrected chi connectivity index (χ1v) is 14.5. The van der Waals surface area contributed by atoms with Crippen molar-refractivity contribution in [3.05, 3.63) is 58.6 Å². The highest BCUT2D eigenvalue weighted by Gasteiger charge is 2.53. The number of unbranched alkanes of at least 4 members (excludes halogenated alkanes) is 3. The van der Waals surface area contributed by atoms with Gasteiger partial charge in [0.1, 0.15) is 12.4 Å². The van der Waals surface area contributed by atoms with Crippen LogP contribution in [0.3, 0.4) is 0 Å². The van der Waals surface area contributed by atoms with Gasteiger partial charge in [-0.15, -0.1) is 0 Å². The smallest absolute Gasteiger partial charge is 0.325 e. The van der Waals surface area contributed by atoms with Crippen molar-refractivity contribution in [1.82, 2.24) is 4.90 Å². The molecule has 8 nitrogen and oxygen atoms in total. The number of rotatable bonds is 10. The number of halogens is 1. The molecule has 0 radical (unpaired) electrons. The van der Waals surface area contributed by atoms with Gasteiger partial charge in [-0.2, -0.15) is 0 Å². The van der Waals surface area contributed by atoms with E-state index in [1.807, 2.05) is 24.3 Å². The second-order valence-corrected chi connectivity index (χ2v) is 12.0. The largest absolute Gasteiger partial charge is 0.481 e. The molecule has 10 heteroatoms. The molecule has 0 saturated carbocycles. The lowest BCUT2D eigenvalue weighted by Gasteiger charge is -2.38.